The Morgan fingerprint density at radius 2 is 0.588 bits per heavy atom. The van der Waals surface area contributed by atoms with Crippen molar-refractivity contribution in [1.82, 2.24) is 79.0 Å². The van der Waals surface area contributed by atoms with Crippen molar-refractivity contribution in [3.8, 4) is 0 Å². The molecule has 0 aromatic carbocycles. The van der Waals surface area contributed by atoms with Crippen molar-refractivity contribution < 1.29 is 74.3 Å². The van der Waals surface area contributed by atoms with E-state index < -0.39 is 126 Å². The number of nitrogens with two attached hydrogens (primary N) is 4. The summed E-state index contributed by atoms with van der Waals surface area (Å²) in [5, 5.41) is 51.7. The minimum absolute atomic E-state index is 0.0187. The van der Waals surface area contributed by atoms with Crippen LogP contribution in [-0.2, 0) is 41.4 Å². The second kappa shape index (κ2) is 40.0. The molecule has 8 aromatic rings. The highest BCUT2D eigenvalue weighted by atomic mass is 32.2. The highest BCUT2D eigenvalue weighted by Gasteiger charge is 2.57. The normalized spacial score (nSPS) is 25.8. The Hall–Kier alpha value is -5.09. The van der Waals surface area contributed by atoms with Crippen LogP contribution in [0.25, 0.3) is 44.1 Å². The maximum atomic E-state index is 15.7. The number of aromatic nitrogens is 16. The predicted molar refractivity (Wildman–Crippen MR) is 473 cm³/mol. The number of fused-ring (bicyclic) bond motifs is 4. The lowest BCUT2D eigenvalue weighted by Gasteiger charge is -2.39. The highest BCUT2D eigenvalue weighted by Crippen LogP contribution is 2.49. The third-order valence-corrected chi connectivity index (χ3v) is 44.1. The van der Waals surface area contributed by atoms with Crippen LogP contribution in [0.3, 0.4) is 0 Å². The lowest BCUT2D eigenvalue weighted by Crippen LogP contribution is -2.49. The molecule has 119 heavy (non-hydrogen) atoms. The van der Waals surface area contributed by atoms with Crippen molar-refractivity contribution in [3.05, 3.63) is 25.3 Å². The fourth-order valence-corrected chi connectivity index (χ4v) is 20.2. The number of hydrogen-bond acceptors (Lipinski definition) is 32. The van der Waals surface area contributed by atoms with Gasteiger partial charge in [-0.15, -0.1) is 47.0 Å². The number of nitrogens with zero attached hydrogens (tertiary/aromatic N) is 16. The zero-order chi connectivity index (χ0) is 88.9. The van der Waals surface area contributed by atoms with Gasteiger partial charge in [-0.05, 0) is 117 Å². The number of anilines is 4. The summed E-state index contributed by atoms with van der Waals surface area (Å²) >= 11 is 5.53. The summed E-state index contributed by atoms with van der Waals surface area (Å²) in [6.45, 7) is 48.7. The number of ether oxygens (including phenoxy) is 5. The van der Waals surface area contributed by atoms with Gasteiger partial charge in [-0.1, -0.05) is 104 Å². The molecule has 0 radical (unpaired) electrons. The van der Waals surface area contributed by atoms with E-state index in [-0.39, 0.29) is 63.5 Å². The van der Waals surface area contributed by atoms with Gasteiger partial charge in [0, 0.05) is 13.2 Å². The molecule has 11 N–H and O–H groups in total. The van der Waals surface area contributed by atoms with E-state index >= 15 is 17.6 Å². The number of nitrogen functional groups attached to an aromatic ring is 4. The molecule has 0 bridgehead atoms. The molecule has 0 saturated carbocycles. The smallest absolute Gasteiger partial charge is 0.192 e. The van der Waals surface area contributed by atoms with Crippen LogP contribution in [0.1, 0.15) is 148 Å². The van der Waals surface area contributed by atoms with Gasteiger partial charge in [0.15, 0.2) is 105 Å². The van der Waals surface area contributed by atoms with Gasteiger partial charge >= 0.3 is 0 Å². The Morgan fingerprint density at radius 1 is 0.387 bits per heavy atom. The monoisotopic (exact) mass is 1820 g/mol. The predicted octanol–water partition coefficient (Wildman–Crippen LogP) is 14.2. The molecule has 668 valence electrons. The molecular formula is C75H128F4N20O12S4Si4. The minimum atomic E-state index is -2.28. The lowest BCUT2D eigenvalue weighted by molar-refractivity contribution is -0.0497. The quantitative estimate of drug-likeness (QED) is 0.0212. The van der Waals surface area contributed by atoms with Gasteiger partial charge in [-0.3, -0.25) is 0 Å². The van der Waals surface area contributed by atoms with Gasteiger partial charge in [-0.2, -0.15) is 20.4 Å². The van der Waals surface area contributed by atoms with Crippen molar-refractivity contribution >= 4 is 148 Å². The molecule has 5 fully saturated rings. The van der Waals surface area contributed by atoms with Crippen LogP contribution < -0.4 is 22.9 Å². The summed E-state index contributed by atoms with van der Waals surface area (Å²) < 4.78 is 122. The minimum Gasteiger partial charge on any atom is -0.408 e. The van der Waals surface area contributed by atoms with Crippen LogP contribution in [0.4, 0.5) is 40.8 Å². The van der Waals surface area contributed by atoms with E-state index in [4.69, 9.17) is 64.3 Å². The Morgan fingerprint density at radius 3 is 0.756 bits per heavy atom. The van der Waals surface area contributed by atoms with Crippen molar-refractivity contribution in [3.63, 3.8) is 0 Å². The summed E-state index contributed by atoms with van der Waals surface area (Å²) in [7, 11) is -8.99. The van der Waals surface area contributed by atoms with E-state index in [1.54, 1.807) is 0 Å². The number of aliphatic hydroxyl groups excluding tert-OH is 3. The van der Waals surface area contributed by atoms with Crippen molar-refractivity contribution in [2.24, 2.45) is 0 Å². The second-order valence-corrected chi connectivity index (χ2v) is 57.5. The first-order chi connectivity index (χ1) is 55.6. The van der Waals surface area contributed by atoms with Crippen molar-refractivity contribution in [1.29, 1.82) is 0 Å². The summed E-state index contributed by atoms with van der Waals surface area (Å²) in [6.07, 6.45) is -0.0262. The number of halogens is 4. The van der Waals surface area contributed by atoms with Gasteiger partial charge in [0.1, 0.15) is 111 Å². The fourth-order valence-electron chi connectivity index (χ4n) is 12.6. The molecule has 5 aliphatic rings. The van der Waals surface area contributed by atoms with E-state index in [0.29, 0.717) is 76.5 Å². The molecule has 0 spiro atoms. The third-order valence-electron chi connectivity index (χ3n) is 23.5. The SMILES string of the molecule is C1CCOC1.CC.CC[C@@H]1O[C@H](n2nc(SC)c3c(N)ncnc32)[C@@H](F)[C@@H]1O[Si](C)(C)C(C)(C)C.CSc1nn([C@@H]2O[C@@H](CO)[C@@H](O[Si](C)(C)C(C)(C)C)[C@@H]2F)c2ncnc(N)c12.CSc1nn([C@@H]2O[C@@H](CO)[C@@H](O[Si](C)(C)C(C)(C)C)[C@@H]2F)c2ncnc(N)c12.CSc1nn([C@H]2O[C@@H](CO)[C@@H](O[Si](C)(C)C(C)(C)C)[C@@H]2F)c2ncnc(N)c12. The average Bonchev–Trinajstić information content (AvgIpc) is 1.61. The Kier molecular flexibility index (Phi) is 33.4. The van der Waals surface area contributed by atoms with E-state index in [1.807, 2.05) is 85.1 Å². The molecule has 0 unspecified atom stereocenters. The van der Waals surface area contributed by atoms with E-state index in [9.17, 15) is 15.3 Å². The molecule has 32 nitrogen and oxygen atoms in total. The molecule has 0 aliphatic carbocycles. The number of rotatable bonds is 20. The number of aliphatic hydroxyl groups is 3. The fraction of sp³-hybridized carbons (Fsp3) is 0.733. The second-order valence-electron chi connectivity index (χ2n) is 35.3. The van der Waals surface area contributed by atoms with E-state index in [1.165, 1.54) is 104 Å². The molecule has 8 aromatic heterocycles. The zero-order valence-electron chi connectivity index (χ0n) is 73.8. The molecule has 5 saturated heterocycles. The van der Waals surface area contributed by atoms with Crippen LogP contribution in [0.2, 0.25) is 72.5 Å². The highest BCUT2D eigenvalue weighted by molar-refractivity contribution is 7.99. The summed E-state index contributed by atoms with van der Waals surface area (Å²) in [5.41, 5.74) is 25.6. The number of hydrogen-bond donors (Lipinski definition) is 7. The lowest BCUT2D eigenvalue weighted by atomic mass is 10.1. The van der Waals surface area contributed by atoms with Gasteiger partial charge in [0.2, 0.25) is 0 Å². The molecule has 16 atom stereocenters. The van der Waals surface area contributed by atoms with Crippen LogP contribution in [0.15, 0.2) is 45.4 Å². The summed E-state index contributed by atoms with van der Waals surface area (Å²) in [6, 6.07) is 0. The van der Waals surface area contributed by atoms with Crippen LogP contribution >= 0.6 is 47.0 Å². The Balaban J connectivity index is 0.000000192. The third kappa shape index (κ3) is 21.2. The Bertz CT molecular complexity index is 4090. The topological polar surface area (TPSA) is 422 Å². The van der Waals surface area contributed by atoms with Crippen LogP contribution in [0.5, 0.6) is 0 Å². The van der Waals surface area contributed by atoms with Gasteiger partial charge in [0.05, 0.1) is 47.5 Å². The summed E-state index contributed by atoms with van der Waals surface area (Å²) in [4.78, 5) is 33.0. The maximum Gasteiger partial charge on any atom is 0.192 e. The molecule has 5 aliphatic heterocycles. The first kappa shape index (κ1) is 99.3. The number of alkyl halides is 4. The zero-order valence-corrected chi connectivity index (χ0v) is 81.1. The maximum absolute atomic E-state index is 15.7. The van der Waals surface area contributed by atoms with Crippen LogP contribution in [0, 0.1) is 0 Å². The molecule has 0 amide bonds. The number of thioether (sulfide) groups is 4. The first-order valence-corrected chi connectivity index (χ1v) is 56.5. The van der Waals surface area contributed by atoms with Crippen molar-refractivity contribution in [2.45, 2.75) is 314 Å². The van der Waals surface area contributed by atoms with Crippen molar-refractivity contribution in [2.75, 3.05) is 81.0 Å². The standard InChI is InChI=1S/C18H30FN5O2SSi.3C17H28FN5O3SSi.C4H8O.C2H6/c1-8-10-13(26-28(6,7)18(2,3)4)12(19)17(25-10)24-15-11(16(23-24)27-5)14(20)21-9-22-15;3*1-17(2,3)28(5,6)26-12-9(7-24)25-16(11(12)18)23-14-10(15(22-23)27-4)13(19)20-8-21-14;1-2-4-5-3-1;1-2/h9-10,12-13,17H,8H2,1-7H3,(H2,20,21,22);3*8-9,11-12,16,24H,7H2,1-6H3,(H2,19,20,21);1-4H2;1-2H3/t10-,12-,13+,17-;2*9-,11-,12+,16+;9-,11-,12+,16-;;/m0000../s1. The van der Waals surface area contributed by atoms with E-state index in [2.05, 4.69) is 156 Å². The van der Waals surface area contributed by atoms with Crippen LogP contribution in [-0.4, -0.2) is 259 Å². The first-order valence-electron chi connectivity index (χ1n) is 40.0. The molecule has 13 heterocycles. The van der Waals surface area contributed by atoms with E-state index in [0.717, 1.165) is 13.2 Å². The average molecular weight is 1820 g/mol. The summed E-state index contributed by atoms with van der Waals surface area (Å²) in [5.74, 6) is 1.17. The molecule has 13 rings (SSSR count). The Labute approximate surface area is 717 Å². The molecular weight excluding hydrogens is 1690 g/mol. The molecule has 44 heteroatoms. The van der Waals surface area contributed by atoms with Gasteiger partial charge < -0.3 is 79.6 Å². The van der Waals surface area contributed by atoms with Gasteiger partial charge in [-0.25, -0.2) is 76.2 Å². The largest absolute Gasteiger partial charge is 0.408 e. The van der Waals surface area contributed by atoms with Gasteiger partial charge in [0.25, 0.3) is 0 Å².